The van der Waals surface area contributed by atoms with Gasteiger partial charge in [0.15, 0.2) is 12.2 Å². The van der Waals surface area contributed by atoms with Crippen molar-refractivity contribution in [1.29, 1.82) is 0 Å². The Morgan fingerprint density at radius 2 is 0.522 bits per heavy atom. The van der Waals surface area contributed by atoms with Gasteiger partial charge < -0.3 is 33.8 Å². The largest absolute Gasteiger partial charge is 0.472 e. The summed E-state index contributed by atoms with van der Waals surface area (Å²) in [6, 6.07) is 0. The van der Waals surface area contributed by atoms with Gasteiger partial charge >= 0.3 is 39.5 Å². The first-order valence-corrected chi connectivity index (χ1v) is 40.7. The molecule has 0 aliphatic rings. The fourth-order valence-electron chi connectivity index (χ4n) is 11.0. The van der Waals surface area contributed by atoms with Crippen molar-refractivity contribution in [2.75, 3.05) is 39.6 Å². The van der Waals surface area contributed by atoms with Gasteiger partial charge in [0.2, 0.25) is 0 Å². The zero-order valence-electron chi connectivity index (χ0n) is 60.2. The number of phosphoric ester groups is 2. The van der Waals surface area contributed by atoms with E-state index in [9.17, 15) is 43.2 Å². The van der Waals surface area contributed by atoms with E-state index in [1.807, 2.05) is 0 Å². The Morgan fingerprint density at radius 3 is 0.772 bits per heavy atom. The number of phosphoric acid groups is 2. The van der Waals surface area contributed by atoms with E-state index in [1.54, 1.807) is 0 Å². The van der Waals surface area contributed by atoms with Crippen LogP contribution in [0.5, 0.6) is 0 Å². The highest BCUT2D eigenvalue weighted by Gasteiger charge is 2.30. The van der Waals surface area contributed by atoms with Gasteiger partial charge in [-0.1, -0.05) is 312 Å². The maximum absolute atomic E-state index is 13.0. The predicted octanol–water partition coefficient (Wildman–Crippen LogP) is 20.9. The Hall–Kier alpha value is -1.94. The topological polar surface area (TPSA) is 237 Å². The molecular formula is C73H142O17P2. The predicted molar refractivity (Wildman–Crippen MR) is 372 cm³/mol. The summed E-state index contributed by atoms with van der Waals surface area (Å²) in [7, 11) is -9.91. The average Bonchev–Trinajstić information content (AvgIpc) is 1.75. The van der Waals surface area contributed by atoms with Crippen LogP contribution in [0, 0.1) is 23.7 Å². The summed E-state index contributed by atoms with van der Waals surface area (Å²) in [6.07, 6.45) is 46.0. The average molecular weight is 1350 g/mol. The minimum absolute atomic E-state index is 0.103. The molecular weight excluding hydrogens is 1210 g/mol. The third-order valence-corrected chi connectivity index (χ3v) is 19.1. The lowest BCUT2D eigenvalue weighted by Gasteiger charge is -2.21. The van der Waals surface area contributed by atoms with E-state index >= 15 is 0 Å². The molecule has 4 unspecified atom stereocenters. The van der Waals surface area contributed by atoms with Crippen molar-refractivity contribution >= 4 is 39.5 Å². The number of aliphatic hydroxyl groups excluding tert-OH is 1. The second-order valence-corrected chi connectivity index (χ2v) is 30.9. The maximum Gasteiger partial charge on any atom is 0.472 e. The zero-order chi connectivity index (χ0) is 68.2. The lowest BCUT2D eigenvalue weighted by atomic mass is 10.00. The molecule has 17 nitrogen and oxygen atoms in total. The minimum Gasteiger partial charge on any atom is -0.462 e. The van der Waals surface area contributed by atoms with Crippen LogP contribution in [0.1, 0.15) is 364 Å². The summed E-state index contributed by atoms with van der Waals surface area (Å²) in [5, 5.41) is 10.6. The van der Waals surface area contributed by atoms with E-state index in [0.717, 1.165) is 114 Å². The zero-order valence-corrected chi connectivity index (χ0v) is 62.0. The third kappa shape index (κ3) is 65.4. The van der Waals surface area contributed by atoms with Gasteiger partial charge in [-0.2, -0.15) is 0 Å². The van der Waals surface area contributed by atoms with Gasteiger partial charge in [0.05, 0.1) is 26.4 Å². The van der Waals surface area contributed by atoms with Gasteiger partial charge in [-0.3, -0.25) is 37.3 Å². The molecule has 19 heteroatoms. The van der Waals surface area contributed by atoms with Crippen LogP contribution in [-0.2, 0) is 65.4 Å². The van der Waals surface area contributed by atoms with Gasteiger partial charge in [-0.15, -0.1) is 0 Å². The van der Waals surface area contributed by atoms with Gasteiger partial charge in [-0.25, -0.2) is 9.13 Å². The molecule has 0 bridgehead atoms. The molecule has 92 heavy (non-hydrogen) atoms. The summed E-state index contributed by atoms with van der Waals surface area (Å²) < 4.78 is 68.3. The first-order valence-electron chi connectivity index (χ1n) is 37.7. The molecule has 0 saturated heterocycles. The molecule has 3 N–H and O–H groups in total. The molecule has 0 aromatic heterocycles. The number of aliphatic hydroxyl groups is 1. The highest BCUT2D eigenvalue weighted by Crippen LogP contribution is 2.45. The van der Waals surface area contributed by atoms with Crippen LogP contribution < -0.4 is 0 Å². The molecule has 0 aliphatic carbocycles. The van der Waals surface area contributed by atoms with E-state index in [4.69, 9.17) is 37.0 Å². The van der Waals surface area contributed by atoms with E-state index in [-0.39, 0.29) is 25.7 Å². The highest BCUT2D eigenvalue weighted by atomic mass is 31.2. The van der Waals surface area contributed by atoms with Crippen molar-refractivity contribution in [3.8, 4) is 0 Å². The van der Waals surface area contributed by atoms with Crippen LogP contribution in [0.15, 0.2) is 0 Å². The van der Waals surface area contributed by atoms with Crippen LogP contribution in [0.2, 0.25) is 0 Å². The molecule has 0 spiro atoms. The number of carbonyl (C=O) groups is 4. The molecule has 0 heterocycles. The second-order valence-electron chi connectivity index (χ2n) is 28.0. The fourth-order valence-corrected chi connectivity index (χ4v) is 12.6. The quantitative estimate of drug-likeness (QED) is 0.0222. The highest BCUT2D eigenvalue weighted by molar-refractivity contribution is 7.47. The Morgan fingerprint density at radius 1 is 0.304 bits per heavy atom. The van der Waals surface area contributed by atoms with Crippen molar-refractivity contribution in [1.82, 2.24) is 0 Å². The molecule has 546 valence electrons. The second kappa shape index (κ2) is 62.6. The number of hydrogen-bond acceptors (Lipinski definition) is 15. The molecule has 0 amide bonds. The van der Waals surface area contributed by atoms with Crippen molar-refractivity contribution in [3.05, 3.63) is 0 Å². The fraction of sp³-hybridized carbons (Fsp3) is 0.945. The molecule has 0 radical (unpaired) electrons. The smallest absolute Gasteiger partial charge is 0.462 e. The van der Waals surface area contributed by atoms with Gasteiger partial charge in [0.25, 0.3) is 0 Å². The number of esters is 4. The number of carbonyl (C=O) groups excluding carboxylic acids is 4. The van der Waals surface area contributed by atoms with Gasteiger partial charge in [0, 0.05) is 25.7 Å². The lowest BCUT2D eigenvalue weighted by Crippen LogP contribution is -2.30. The standard InChI is InChI=1S/C73H142O17P2/c1-9-66(8)52-44-36-30-32-40-48-56-73(78)90-69(59-83-70(75)53-45-37-27-23-19-16-12-14-18-22-26-34-42-50-64(4)5)62-88-92(81,82)86-58-67(74)57-85-91(79,80)87-61-68(60-84-71(76)54-46-38-31-29-35-43-51-65(6)7)89-72(77)55-47-39-28-24-20-15-11-10-13-17-21-25-33-41-49-63(2)3/h63-69,74H,9-62H2,1-8H3,(H,79,80)(H,81,82)/t66?,67?,68-,69-/m1/s1. The van der Waals surface area contributed by atoms with Crippen LogP contribution in [0.4, 0.5) is 0 Å². The third-order valence-electron chi connectivity index (χ3n) is 17.2. The van der Waals surface area contributed by atoms with Crippen LogP contribution >= 0.6 is 15.6 Å². The Balaban J connectivity index is 5.19. The first-order chi connectivity index (χ1) is 44.1. The molecule has 0 aliphatic heterocycles. The maximum atomic E-state index is 13.0. The number of hydrogen-bond donors (Lipinski definition) is 3. The number of ether oxygens (including phenoxy) is 4. The van der Waals surface area contributed by atoms with Crippen LogP contribution in [0.25, 0.3) is 0 Å². The summed E-state index contributed by atoms with van der Waals surface area (Å²) in [4.78, 5) is 72.6. The van der Waals surface area contributed by atoms with Crippen molar-refractivity contribution in [2.24, 2.45) is 23.7 Å². The van der Waals surface area contributed by atoms with Crippen molar-refractivity contribution < 1.29 is 80.2 Å². The summed E-state index contributed by atoms with van der Waals surface area (Å²) in [5.74, 6) is 0.856. The van der Waals surface area contributed by atoms with Crippen LogP contribution in [0.3, 0.4) is 0 Å². The minimum atomic E-state index is -4.95. The summed E-state index contributed by atoms with van der Waals surface area (Å²) in [6.45, 7) is 14.1. The lowest BCUT2D eigenvalue weighted by molar-refractivity contribution is -0.161. The molecule has 0 aromatic rings. The van der Waals surface area contributed by atoms with E-state index in [2.05, 4.69) is 55.4 Å². The van der Waals surface area contributed by atoms with Crippen molar-refractivity contribution in [2.45, 2.75) is 382 Å². The van der Waals surface area contributed by atoms with Gasteiger partial charge in [0.1, 0.15) is 19.3 Å². The van der Waals surface area contributed by atoms with Crippen LogP contribution in [-0.4, -0.2) is 96.7 Å². The molecule has 0 aromatic carbocycles. The number of rotatable bonds is 70. The Labute approximate surface area is 562 Å². The molecule has 0 rings (SSSR count). The Bertz CT molecular complexity index is 1820. The molecule has 6 atom stereocenters. The monoisotopic (exact) mass is 1350 g/mol. The first kappa shape index (κ1) is 90.1. The normalized spacial score (nSPS) is 14.5. The van der Waals surface area contributed by atoms with E-state index < -0.39 is 97.5 Å². The van der Waals surface area contributed by atoms with E-state index in [0.29, 0.717) is 31.6 Å². The van der Waals surface area contributed by atoms with Crippen molar-refractivity contribution in [3.63, 3.8) is 0 Å². The SMILES string of the molecule is CCC(C)CCCCCCCCC(=O)O[C@H](COC(=O)CCCCCCCCCCCCCCCC(C)C)COP(=O)(O)OCC(O)COP(=O)(O)OC[C@@H](COC(=O)CCCCCCCCC(C)C)OC(=O)CCCCCCCCCCCCCCCCC(C)C. The Kier molecular flexibility index (Phi) is 61.3. The molecule has 0 fully saturated rings. The van der Waals surface area contributed by atoms with Gasteiger partial charge in [-0.05, 0) is 49.4 Å². The summed E-state index contributed by atoms with van der Waals surface area (Å²) in [5.41, 5.74) is 0. The molecule has 0 saturated carbocycles. The number of unbranched alkanes of at least 4 members (excludes halogenated alkanes) is 35. The summed E-state index contributed by atoms with van der Waals surface area (Å²) >= 11 is 0. The van der Waals surface area contributed by atoms with E-state index in [1.165, 1.54) is 161 Å².